The summed E-state index contributed by atoms with van der Waals surface area (Å²) in [6.07, 6.45) is 0. The van der Waals surface area contributed by atoms with Gasteiger partial charge in [0.05, 0.1) is 0 Å². The van der Waals surface area contributed by atoms with E-state index in [0.717, 1.165) is 6.54 Å². The molecule has 0 aromatic carbocycles. The summed E-state index contributed by atoms with van der Waals surface area (Å²) in [6, 6.07) is 2.57. The van der Waals surface area contributed by atoms with Crippen LogP contribution in [0.4, 0.5) is 0 Å². The highest BCUT2D eigenvalue weighted by molar-refractivity contribution is 4.90. The van der Waals surface area contributed by atoms with E-state index in [1.54, 1.807) is 6.92 Å². The molecule has 1 nitrogen and oxygen atoms in total. The van der Waals surface area contributed by atoms with Crippen molar-refractivity contribution >= 4 is 0 Å². The monoisotopic (exact) mass is 82.1 g/mol. The second-order valence-electron chi connectivity index (χ2n) is 0.836. The third-order valence-corrected chi connectivity index (χ3v) is 0.349. The van der Waals surface area contributed by atoms with Gasteiger partial charge in [-0.05, 0) is 13.8 Å². The molecule has 1 radical (unpaired) electrons. The van der Waals surface area contributed by atoms with Gasteiger partial charge in [-0.2, -0.15) is 0 Å². The van der Waals surface area contributed by atoms with Crippen molar-refractivity contribution in [3.05, 3.63) is 0 Å². The highest BCUT2D eigenvalue weighted by Crippen LogP contribution is 1.50. The zero-order valence-corrected chi connectivity index (χ0v) is 4.15. The van der Waals surface area contributed by atoms with Crippen molar-refractivity contribution in [1.29, 1.82) is 0 Å². The van der Waals surface area contributed by atoms with Crippen LogP contribution >= 0.6 is 0 Å². The maximum atomic E-state index is 3.73. The Labute approximate surface area is 38.7 Å². The number of nitrogens with zero attached hydrogens (tertiary/aromatic N) is 1. The average molecular weight is 82.1 g/mol. The first-order chi connectivity index (χ1) is 2.91. The summed E-state index contributed by atoms with van der Waals surface area (Å²) in [5.41, 5.74) is 0. The molecule has 0 N–H and O–H groups in total. The summed E-state index contributed by atoms with van der Waals surface area (Å²) in [4.78, 5) is 0. The quantitative estimate of drug-likeness (QED) is 0.411. The Morgan fingerprint density at radius 1 is 1.67 bits per heavy atom. The largest absolute Gasteiger partial charge is 0.236 e. The van der Waals surface area contributed by atoms with E-state index in [2.05, 4.69) is 17.3 Å². The van der Waals surface area contributed by atoms with Crippen LogP contribution < -0.4 is 5.32 Å². The molecule has 0 saturated carbocycles. The van der Waals surface area contributed by atoms with E-state index >= 15 is 0 Å². The zero-order chi connectivity index (χ0) is 4.83. The Hall–Kier alpha value is -0.640. The van der Waals surface area contributed by atoms with Gasteiger partial charge in [-0.25, -0.2) is 5.32 Å². The van der Waals surface area contributed by atoms with Crippen molar-refractivity contribution in [1.82, 2.24) is 5.32 Å². The number of rotatable bonds is 1. The molecule has 1 heteroatoms. The van der Waals surface area contributed by atoms with Gasteiger partial charge >= 0.3 is 0 Å². The maximum Gasteiger partial charge on any atom is 0.0462 e. The number of hydrogen-bond donors (Lipinski definition) is 0. The minimum atomic E-state index is 0.806. The average Bonchev–Trinajstić information content (AvgIpc) is 1.61. The molecule has 0 aromatic heterocycles. The molecule has 0 spiro atoms. The molecule has 0 aliphatic heterocycles. The minimum absolute atomic E-state index is 0.806. The van der Waals surface area contributed by atoms with Crippen LogP contribution in [0.1, 0.15) is 13.8 Å². The first-order valence-electron chi connectivity index (χ1n) is 2.00. The van der Waals surface area contributed by atoms with Gasteiger partial charge < -0.3 is 0 Å². The smallest absolute Gasteiger partial charge is 0.0462 e. The van der Waals surface area contributed by atoms with Crippen molar-refractivity contribution in [3.63, 3.8) is 0 Å². The van der Waals surface area contributed by atoms with Crippen LogP contribution in [0.3, 0.4) is 0 Å². The summed E-state index contributed by atoms with van der Waals surface area (Å²) in [5, 5.41) is 3.73. The molecule has 0 aromatic rings. The Morgan fingerprint density at radius 2 is 2.33 bits per heavy atom. The number of hydrogen-bond acceptors (Lipinski definition) is 0. The Balaban J connectivity index is 2.79. The third-order valence-electron chi connectivity index (χ3n) is 0.349. The molecule has 0 fully saturated rings. The molecule has 0 bridgehead atoms. The predicted octanol–water partition coefficient (Wildman–Crippen LogP) is 0.592. The lowest BCUT2D eigenvalue weighted by Crippen LogP contribution is -1.90. The molecule has 0 aliphatic rings. The summed E-state index contributed by atoms with van der Waals surface area (Å²) in [7, 11) is 0. The van der Waals surface area contributed by atoms with Crippen LogP contribution in [0.2, 0.25) is 0 Å². The Kier molecular flexibility index (Phi) is 3.89. The van der Waals surface area contributed by atoms with Crippen molar-refractivity contribution in [2.45, 2.75) is 13.8 Å². The van der Waals surface area contributed by atoms with Crippen LogP contribution in [0.5, 0.6) is 0 Å². The highest BCUT2D eigenvalue weighted by atomic mass is 14.8. The van der Waals surface area contributed by atoms with Crippen LogP contribution in [0.25, 0.3) is 0 Å². The zero-order valence-electron chi connectivity index (χ0n) is 4.15. The summed E-state index contributed by atoms with van der Waals surface area (Å²) < 4.78 is 0. The molecule has 6 heavy (non-hydrogen) atoms. The second kappa shape index (κ2) is 4.36. The minimum Gasteiger partial charge on any atom is -0.236 e. The highest BCUT2D eigenvalue weighted by Gasteiger charge is 1.61. The van der Waals surface area contributed by atoms with Crippen LogP contribution in [0.15, 0.2) is 0 Å². The Morgan fingerprint density at radius 3 is 2.50 bits per heavy atom. The van der Waals surface area contributed by atoms with Gasteiger partial charge in [-0.3, -0.25) is 0 Å². The molecule has 33 valence electrons. The van der Waals surface area contributed by atoms with E-state index in [-0.39, 0.29) is 0 Å². The molecule has 0 rings (SSSR count). The van der Waals surface area contributed by atoms with E-state index in [1.165, 1.54) is 0 Å². The normalized spacial score (nSPS) is 5.67. The van der Waals surface area contributed by atoms with Crippen molar-refractivity contribution < 1.29 is 0 Å². The standard InChI is InChI=1S/C5H8N/c1-3-5-6-4-2/h4H2,1-2H3. The molecule has 0 amide bonds. The summed E-state index contributed by atoms with van der Waals surface area (Å²) >= 11 is 0. The van der Waals surface area contributed by atoms with E-state index in [4.69, 9.17) is 0 Å². The molecular weight excluding hydrogens is 74.1 g/mol. The van der Waals surface area contributed by atoms with Gasteiger partial charge in [0.15, 0.2) is 0 Å². The van der Waals surface area contributed by atoms with Crippen molar-refractivity contribution in [2.24, 2.45) is 0 Å². The molecule has 0 saturated heterocycles. The van der Waals surface area contributed by atoms with E-state index in [1.807, 2.05) is 6.92 Å². The molecule has 0 atom stereocenters. The van der Waals surface area contributed by atoms with Crippen LogP contribution in [-0.4, -0.2) is 6.54 Å². The lowest BCUT2D eigenvalue weighted by molar-refractivity contribution is 0.934. The first-order valence-corrected chi connectivity index (χ1v) is 2.00. The van der Waals surface area contributed by atoms with Crippen LogP contribution in [0, 0.1) is 12.0 Å². The van der Waals surface area contributed by atoms with E-state index in [9.17, 15) is 0 Å². The van der Waals surface area contributed by atoms with E-state index in [0.29, 0.717) is 0 Å². The lowest BCUT2D eigenvalue weighted by Gasteiger charge is -1.75. The molecule has 0 unspecified atom stereocenters. The molecule has 0 heterocycles. The lowest BCUT2D eigenvalue weighted by atomic mass is 10.7. The van der Waals surface area contributed by atoms with Gasteiger partial charge in [-0.1, -0.05) is 5.92 Å². The maximum absolute atomic E-state index is 3.73. The summed E-state index contributed by atoms with van der Waals surface area (Å²) in [5.74, 6) is 2.65. The second-order valence-corrected chi connectivity index (χ2v) is 0.836. The fourth-order valence-electron chi connectivity index (χ4n) is 0.158. The molecule has 0 aliphatic carbocycles. The molecular formula is C5H8N. The van der Waals surface area contributed by atoms with Crippen molar-refractivity contribution in [3.8, 4) is 12.0 Å². The Bertz CT molecular complexity index is 65.7. The fraction of sp³-hybridized carbons (Fsp3) is 0.600. The van der Waals surface area contributed by atoms with E-state index < -0.39 is 0 Å². The first kappa shape index (κ1) is 5.36. The van der Waals surface area contributed by atoms with Gasteiger partial charge in [0.25, 0.3) is 0 Å². The summed E-state index contributed by atoms with van der Waals surface area (Å²) in [6.45, 7) is 4.55. The predicted molar refractivity (Wildman–Crippen MR) is 26.1 cm³/mol. The van der Waals surface area contributed by atoms with Gasteiger partial charge in [0.2, 0.25) is 0 Å². The van der Waals surface area contributed by atoms with Gasteiger partial charge in [-0.15, -0.1) is 0 Å². The SMILES string of the molecule is CC#C[N]CC. The topological polar surface area (TPSA) is 14.1 Å². The van der Waals surface area contributed by atoms with Crippen molar-refractivity contribution in [2.75, 3.05) is 6.54 Å². The van der Waals surface area contributed by atoms with Gasteiger partial charge in [0, 0.05) is 12.6 Å². The van der Waals surface area contributed by atoms with Gasteiger partial charge in [0.1, 0.15) is 0 Å². The van der Waals surface area contributed by atoms with Crippen LogP contribution in [-0.2, 0) is 0 Å². The fourth-order valence-corrected chi connectivity index (χ4v) is 0.158. The third kappa shape index (κ3) is 3.36.